The molecule has 4 rings (SSSR count). The maximum Gasteiger partial charge on any atom is 0.286 e. The quantitative estimate of drug-likeness (QED) is 0.877. The predicted molar refractivity (Wildman–Crippen MR) is 84.6 cm³/mol. The molecule has 0 bridgehead atoms. The normalized spacial score (nSPS) is 15.4. The average molecular weight is 324 g/mol. The van der Waals surface area contributed by atoms with E-state index < -0.39 is 5.91 Å². The first kappa shape index (κ1) is 14.6. The first-order chi connectivity index (χ1) is 11.6. The minimum absolute atomic E-state index is 0.0160. The summed E-state index contributed by atoms with van der Waals surface area (Å²) in [6, 6.07) is 5.53. The number of carbonyl (C=O) groups excluding carboxylic acids is 2. The van der Waals surface area contributed by atoms with E-state index in [0.29, 0.717) is 37.4 Å². The van der Waals surface area contributed by atoms with Crippen LogP contribution in [0.5, 0.6) is 5.75 Å². The first-order valence-electron chi connectivity index (χ1n) is 7.81. The van der Waals surface area contributed by atoms with Gasteiger partial charge in [-0.25, -0.2) is 9.97 Å². The molecule has 2 N–H and O–H groups in total. The molecule has 2 aliphatic rings. The molecule has 24 heavy (non-hydrogen) atoms. The molecule has 2 aromatic rings. The highest BCUT2D eigenvalue weighted by Crippen LogP contribution is 2.27. The van der Waals surface area contributed by atoms with Gasteiger partial charge in [0.05, 0.1) is 18.8 Å². The van der Waals surface area contributed by atoms with Crippen molar-refractivity contribution in [2.45, 2.75) is 19.4 Å². The fourth-order valence-electron chi connectivity index (χ4n) is 3.10. The number of aromatic nitrogens is 2. The second-order valence-corrected chi connectivity index (χ2v) is 5.93. The van der Waals surface area contributed by atoms with Crippen molar-refractivity contribution in [1.82, 2.24) is 14.9 Å². The second kappa shape index (κ2) is 5.59. The number of hydrogen-bond donors (Lipinski definition) is 1. The van der Waals surface area contributed by atoms with Gasteiger partial charge in [0.15, 0.2) is 0 Å². The number of ether oxygens (including phenoxy) is 1. The van der Waals surface area contributed by atoms with Crippen LogP contribution in [0.25, 0.3) is 0 Å². The zero-order chi connectivity index (χ0) is 16.7. The van der Waals surface area contributed by atoms with Crippen LogP contribution in [0.1, 0.15) is 37.8 Å². The van der Waals surface area contributed by atoms with Gasteiger partial charge in [0.25, 0.3) is 11.8 Å². The molecule has 0 fully saturated rings. The van der Waals surface area contributed by atoms with Gasteiger partial charge < -0.3 is 15.4 Å². The van der Waals surface area contributed by atoms with Crippen LogP contribution in [0.4, 0.5) is 0 Å². The molecule has 2 aliphatic heterocycles. The Balaban J connectivity index is 1.58. The molecule has 3 heterocycles. The third-order valence-corrected chi connectivity index (χ3v) is 4.39. The molecule has 1 aromatic heterocycles. The van der Waals surface area contributed by atoms with Gasteiger partial charge in [-0.1, -0.05) is 0 Å². The Morgan fingerprint density at radius 1 is 1.21 bits per heavy atom. The van der Waals surface area contributed by atoms with Crippen molar-refractivity contribution in [3.63, 3.8) is 0 Å². The highest BCUT2D eigenvalue weighted by molar-refractivity contribution is 5.95. The Bertz CT molecular complexity index is 850. The molecular weight excluding hydrogens is 308 g/mol. The Hall–Kier alpha value is -2.96. The van der Waals surface area contributed by atoms with Gasteiger partial charge in [-0.15, -0.1) is 0 Å². The lowest BCUT2D eigenvalue weighted by Crippen LogP contribution is -2.37. The van der Waals surface area contributed by atoms with Gasteiger partial charge in [0.1, 0.15) is 5.75 Å². The summed E-state index contributed by atoms with van der Waals surface area (Å²) in [4.78, 5) is 33.9. The molecule has 0 atom stereocenters. The fraction of sp³-hybridized carbons (Fsp3) is 0.294. The number of primary amides is 1. The molecule has 2 amide bonds. The zero-order valence-corrected chi connectivity index (χ0v) is 13.0. The van der Waals surface area contributed by atoms with E-state index >= 15 is 0 Å². The monoisotopic (exact) mass is 324 g/mol. The lowest BCUT2D eigenvalue weighted by molar-refractivity contribution is 0.0731. The summed E-state index contributed by atoms with van der Waals surface area (Å²) in [5, 5.41) is 0. The lowest BCUT2D eigenvalue weighted by atomic mass is 10.0. The Kier molecular flexibility index (Phi) is 3.41. The van der Waals surface area contributed by atoms with Crippen molar-refractivity contribution in [2.75, 3.05) is 13.2 Å². The number of nitrogens with zero attached hydrogens (tertiary/aromatic N) is 3. The number of carbonyl (C=O) groups is 2. The largest absolute Gasteiger partial charge is 0.493 e. The van der Waals surface area contributed by atoms with Crippen LogP contribution in [-0.4, -0.2) is 39.8 Å². The van der Waals surface area contributed by atoms with Crippen LogP contribution in [0.3, 0.4) is 0 Å². The number of rotatable bonds is 2. The van der Waals surface area contributed by atoms with E-state index in [2.05, 4.69) is 9.97 Å². The van der Waals surface area contributed by atoms with Crippen molar-refractivity contribution in [1.29, 1.82) is 0 Å². The van der Waals surface area contributed by atoms with Crippen molar-refractivity contribution in [2.24, 2.45) is 5.73 Å². The van der Waals surface area contributed by atoms with Gasteiger partial charge in [-0.05, 0) is 35.7 Å². The summed E-state index contributed by atoms with van der Waals surface area (Å²) in [6.07, 6.45) is 3.11. The van der Waals surface area contributed by atoms with Crippen molar-refractivity contribution >= 4 is 11.8 Å². The van der Waals surface area contributed by atoms with E-state index in [1.54, 1.807) is 17.2 Å². The highest BCUT2D eigenvalue weighted by Gasteiger charge is 2.25. The summed E-state index contributed by atoms with van der Waals surface area (Å²) in [6.45, 7) is 1.61. The van der Waals surface area contributed by atoms with E-state index in [9.17, 15) is 9.59 Å². The smallest absolute Gasteiger partial charge is 0.286 e. The summed E-state index contributed by atoms with van der Waals surface area (Å²) >= 11 is 0. The second-order valence-electron chi connectivity index (χ2n) is 5.93. The van der Waals surface area contributed by atoms with E-state index in [1.165, 1.54) is 0 Å². The minimum atomic E-state index is -0.667. The van der Waals surface area contributed by atoms with Crippen LogP contribution >= 0.6 is 0 Å². The predicted octanol–water partition coefficient (Wildman–Crippen LogP) is 0.709. The van der Waals surface area contributed by atoms with Crippen molar-refractivity contribution in [3.8, 4) is 5.75 Å². The summed E-state index contributed by atoms with van der Waals surface area (Å²) in [5.41, 5.74) is 8.57. The van der Waals surface area contributed by atoms with Gasteiger partial charge in [-0.2, -0.15) is 0 Å². The molecular formula is C17H16N4O3. The Morgan fingerprint density at radius 3 is 2.92 bits per heavy atom. The molecule has 0 radical (unpaired) electrons. The van der Waals surface area contributed by atoms with Gasteiger partial charge in [0, 0.05) is 24.7 Å². The third kappa shape index (κ3) is 2.47. The number of amides is 2. The Labute approximate surface area is 138 Å². The van der Waals surface area contributed by atoms with Crippen LogP contribution in [0.2, 0.25) is 0 Å². The van der Waals surface area contributed by atoms with Gasteiger partial charge in [-0.3, -0.25) is 9.59 Å². The van der Waals surface area contributed by atoms with Crippen molar-refractivity contribution < 1.29 is 14.3 Å². The molecule has 0 aliphatic carbocycles. The maximum atomic E-state index is 12.8. The third-order valence-electron chi connectivity index (χ3n) is 4.39. The number of fused-ring (bicyclic) bond motifs is 2. The SMILES string of the molecule is NC(=O)c1ncc2c(n1)CN(C(=O)c1ccc3c(c1)CCO3)CC2. The van der Waals surface area contributed by atoms with Gasteiger partial charge >= 0.3 is 0 Å². The zero-order valence-electron chi connectivity index (χ0n) is 13.0. The van der Waals surface area contributed by atoms with Crippen LogP contribution in [0, 0.1) is 0 Å². The Morgan fingerprint density at radius 2 is 2.08 bits per heavy atom. The number of hydrogen-bond acceptors (Lipinski definition) is 5. The topological polar surface area (TPSA) is 98.4 Å². The molecule has 0 saturated heterocycles. The van der Waals surface area contributed by atoms with Crippen LogP contribution < -0.4 is 10.5 Å². The van der Waals surface area contributed by atoms with E-state index in [0.717, 1.165) is 23.3 Å². The van der Waals surface area contributed by atoms with E-state index in [1.807, 2.05) is 12.1 Å². The number of benzene rings is 1. The van der Waals surface area contributed by atoms with Crippen LogP contribution in [0.15, 0.2) is 24.4 Å². The minimum Gasteiger partial charge on any atom is -0.493 e. The summed E-state index contributed by atoms with van der Waals surface area (Å²) in [5.74, 6) is 0.126. The van der Waals surface area contributed by atoms with E-state index in [4.69, 9.17) is 10.5 Å². The number of nitrogens with two attached hydrogens (primary N) is 1. The molecule has 7 heteroatoms. The van der Waals surface area contributed by atoms with Gasteiger partial charge in [0.2, 0.25) is 5.82 Å². The summed E-state index contributed by atoms with van der Waals surface area (Å²) < 4.78 is 5.48. The summed E-state index contributed by atoms with van der Waals surface area (Å²) in [7, 11) is 0. The molecule has 7 nitrogen and oxygen atoms in total. The fourth-order valence-corrected chi connectivity index (χ4v) is 3.10. The lowest BCUT2D eigenvalue weighted by Gasteiger charge is -2.28. The van der Waals surface area contributed by atoms with E-state index in [-0.39, 0.29) is 11.7 Å². The maximum absolute atomic E-state index is 12.8. The average Bonchev–Trinajstić information content (AvgIpc) is 3.07. The molecule has 1 aromatic carbocycles. The standard InChI is InChI=1S/C17H16N4O3/c18-15(22)16-19-8-12-3-5-21(9-13(12)20-16)17(23)11-1-2-14-10(7-11)4-6-24-14/h1-2,7-8H,3-6,9H2,(H2,18,22). The van der Waals surface area contributed by atoms with Crippen LogP contribution in [-0.2, 0) is 19.4 Å². The van der Waals surface area contributed by atoms with Crippen molar-refractivity contribution in [3.05, 3.63) is 52.6 Å². The molecule has 0 spiro atoms. The molecule has 0 saturated carbocycles. The first-order valence-corrected chi connectivity index (χ1v) is 7.81. The highest BCUT2D eigenvalue weighted by atomic mass is 16.5. The molecule has 0 unspecified atom stereocenters. The molecule has 122 valence electrons.